The van der Waals surface area contributed by atoms with Gasteiger partial charge in [0, 0.05) is 13.2 Å². The van der Waals surface area contributed by atoms with Crippen LogP contribution in [0.2, 0.25) is 0 Å². The fourth-order valence-electron chi connectivity index (χ4n) is 2.46. The zero-order chi connectivity index (χ0) is 12.6. The third kappa shape index (κ3) is 1.70. The van der Waals surface area contributed by atoms with Gasteiger partial charge in [0.2, 0.25) is 0 Å². The molecular weight excluding hydrogens is 250 g/mol. The second-order valence-corrected chi connectivity index (χ2v) is 5.67. The van der Waals surface area contributed by atoms with E-state index in [0.29, 0.717) is 26.1 Å². The van der Waals surface area contributed by atoms with Gasteiger partial charge in [-0.05, 0) is 25.0 Å². The minimum atomic E-state index is -0.473. The minimum absolute atomic E-state index is 0.00606. The molecule has 0 radical (unpaired) electrons. The van der Waals surface area contributed by atoms with Crippen molar-refractivity contribution in [3.05, 3.63) is 34.6 Å². The van der Waals surface area contributed by atoms with Gasteiger partial charge in [0.15, 0.2) is 0 Å². The normalized spacial score (nSPS) is 19.2. The van der Waals surface area contributed by atoms with Crippen LogP contribution in [0.15, 0.2) is 29.1 Å². The van der Waals surface area contributed by atoms with E-state index in [2.05, 4.69) is 0 Å². The van der Waals surface area contributed by atoms with Crippen LogP contribution in [0, 0.1) is 0 Å². The molecule has 4 nitrogen and oxygen atoms in total. The summed E-state index contributed by atoms with van der Waals surface area (Å²) in [6.45, 7) is 1.19. The first-order chi connectivity index (χ1) is 8.77. The smallest absolute Gasteiger partial charge is 0.269 e. The van der Waals surface area contributed by atoms with Crippen molar-refractivity contribution in [3.63, 3.8) is 0 Å². The van der Waals surface area contributed by atoms with Crippen molar-refractivity contribution in [2.75, 3.05) is 19.8 Å². The largest absolute Gasteiger partial charge is 0.394 e. The molecule has 1 N–H and O–H groups in total. The molecule has 1 aliphatic rings. The Bertz CT molecular complexity index is 610. The Kier molecular flexibility index (Phi) is 2.97. The van der Waals surface area contributed by atoms with Crippen LogP contribution >= 0.6 is 11.5 Å². The van der Waals surface area contributed by atoms with Crippen molar-refractivity contribution < 1.29 is 9.84 Å². The Morgan fingerprint density at radius 3 is 2.72 bits per heavy atom. The molecule has 0 unspecified atom stereocenters. The highest BCUT2D eigenvalue weighted by Gasteiger charge is 2.36. The van der Waals surface area contributed by atoms with Gasteiger partial charge >= 0.3 is 0 Å². The van der Waals surface area contributed by atoms with E-state index in [0.717, 1.165) is 10.1 Å². The first kappa shape index (κ1) is 11.9. The molecule has 0 bridgehead atoms. The molecule has 2 aromatic rings. The van der Waals surface area contributed by atoms with Crippen molar-refractivity contribution in [1.29, 1.82) is 0 Å². The van der Waals surface area contributed by atoms with E-state index in [1.54, 1.807) is 3.96 Å². The lowest BCUT2D eigenvalue weighted by Crippen LogP contribution is -2.45. The second kappa shape index (κ2) is 4.50. The van der Waals surface area contributed by atoms with Crippen molar-refractivity contribution in [2.45, 2.75) is 18.4 Å². The van der Waals surface area contributed by atoms with Crippen LogP contribution < -0.4 is 5.56 Å². The number of hydrogen-bond donors (Lipinski definition) is 1. The molecule has 1 aromatic carbocycles. The second-order valence-electron chi connectivity index (χ2n) is 4.68. The van der Waals surface area contributed by atoms with Crippen molar-refractivity contribution in [3.8, 4) is 0 Å². The number of fused-ring (bicyclic) bond motifs is 1. The van der Waals surface area contributed by atoms with Crippen molar-refractivity contribution in [1.82, 2.24) is 3.96 Å². The predicted molar refractivity (Wildman–Crippen MR) is 71.2 cm³/mol. The lowest BCUT2D eigenvalue weighted by Gasteiger charge is -2.35. The summed E-state index contributed by atoms with van der Waals surface area (Å²) in [7, 11) is 0. The molecule has 0 atom stereocenters. The van der Waals surface area contributed by atoms with E-state index < -0.39 is 5.54 Å². The Hall–Kier alpha value is -1.17. The predicted octanol–water partition coefficient (Wildman–Crippen LogP) is 1.56. The molecule has 96 valence electrons. The van der Waals surface area contributed by atoms with Gasteiger partial charge in [0.25, 0.3) is 5.56 Å². The molecule has 3 rings (SSSR count). The van der Waals surface area contributed by atoms with Crippen molar-refractivity contribution >= 4 is 21.6 Å². The molecule has 5 heteroatoms. The monoisotopic (exact) mass is 265 g/mol. The molecule has 1 aliphatic heterocycles. The fourth-order valence-corrected chi connectivity index (χ4v) is 3.67. The average molecular weight is 265 g/mol. The number of benzene rings is 1. The van der Waals surface area contributed by atoms with Crippen LogP contribution in [0.5, 0.6) is 0 Å². The van der Waals surface area contributed by atoms with Crippen LogP contribution in [0.3, 0.4) is 0 Å². The summed E-state index contributed by atoms with van der Waals surface area (Å²) >= 11 is 1.44. The van der Waals surface area contributed by atoms with Gasteiger partial charge < -0.3 is 9.84 Å². The van der Waals surface area contributed by atoms with Gasteiger partial charge in [-0.3, -0.25) is 8.75 Å². The van der Waals surface area contributed by atoms with Gasteiger partial charge in [-0.2, -0.15) is 0 Å². The third-order valence-electron chi connectivity index (χ3n) is 3.64. The lowest BCUT2D eigenvalue weighted by atomic mass is 9.91. The fraction of sp³-hybridized carbons (Fsp3) is 0.462. The van der Waals surface area contributed by atoms with E-state index in [1.165, 1.54) is 11.5 Å². The summed E-state index contributed by atoms with van der Waals surface area (Å²) in [5, 5.41) is 10.5. The van der Waals surface area contributed by atoms with Gasteiger partial charge in [-0.1, -0.05) is 23.7 Å². The van der Waals surface area contributed by atoms with Crippen LogP contribution in [0.25, 0.3) is 10.1 Å². The molecule has 0 amide bonds. The number of aliphatic hydroxyl groups excluding tert-OH is 1. The maximum absolute atomic E-state index is 12.4. The number of nitrogens with zero attached hydrogens (tertiary/aromatic N) is 1. The number of ether oxygens (including phenoxy) is 1. The zero-order valence-corrected chi connectivity index (χ0v) is 10.8. The van der Waals surface area contributed by atoms with Crippen LogP contribution in [-0.4, -0.2) is 28.9 Å². The summed E-state index contributed by atoms with van der Waals surface area (Å²) in [6, 6.07) is 7.59. The number of hydrogen-bond acceptors (Lipinski definition) is 4. The summed E-state index contributed by atoms with van der Waals surface area (Å²) in [5.74, 6) is 0. The molecule has 18 heavy (non-hydrogen) atoms. The number of aliphatic hydroxyl groups is 1. The molecule has 2 heterocycles. The van der Waals surface area contributed by atoms with Crippen molar-refractivity contribution in [2.24, 2.45) is 0 Å². The maximum atomic E-state index is 12.4. The Morgan fingerprint density at radius 1 is 1.33 bits per heavy atom. The highest BCUT2D eigenvalue weighted by atomic mass is 32.1. The topological polar surface area (TPSA) is 51.5 Å². The molecule has 1 fully saturated rings. The van der Waals surface area contributed by atoms with Crippen LogP contribution in [0.1, 0.15) is 12.8 Å². The maximum Gasteiger partial charge on any atom is 0.269 e. The Labute approximate surface area is 109 Å². The van der Waals surface area contributed by atoms with Gasteiger partial charge in [-0.15, -0.1) is 0 Å². The summed E-state index contributed by atoms with van der Waals surface area (Å²) < 4.78 is 8.06. The number of aromatic nitrogens is 1. The van der Waals surface area contributed by atoms with Crippen LogP contribution in [-0.2, 0) is 10.3 Å². The van der Waals surface area contributed by atoms with E-state index in [9.17, 15) is 9.90 Å². The molecule has 1 aromatic heterocycles. The number of rotatable bonds is 2. The standard InChI is InChI=1S/C13H15NO3S/c15-9-13(5-7-17-8-6-13)14-12(16)10-3-1-2-4-11(10)18-14/h1-4,15H,5-9H2. The average Bonchev–Trinajstić information content (AvgIpc) is 2.78. The van der Waals surface area contributed by atoms with Crippen LogP contribution in [0.4, 0.5) is 0 Å². The van der Waals surface area contributed by atoms with E-state index >= 15 is 0 Å². The molecule has 0 spiro atoms. The summed E-state index contributed by atoms with van der Waals surface area (Å²) in [4.78, 5) is 12.4. The van der Waals surface area contributed by atoms with Gasteiger partial charge in [-0.25, -0.2) is 0 Å². The van der Waals surface area contributed by atoms with E-state index in [-0.39, 0.29) is 12.2 Å². The molecular formula is C13H15NO3S. The summed E-state index contributed by atoms with van der Waals surface area (Å²) in [6.07, 6.45) is 1.38. The third-order valence-corrected chi connectivity index (χ3v) is 4.93. The lowest BCUT2D eigenvalue weighted by molar-refractivity contribution is -0.00428. The molecule has 0 aliphatic carbocycles. The highest BCUT2D eigenvalue weighted by molar-refractivity contribution is 7.13. The first-order valence-corrected chi connectivity index (χ1v) is 6.84. The van der Waals surface area contributed by atoms with E-state index in [4.69, 9.17) is 4.74 Å². The molecule has 1 saturated heterocycles. The van der Waals surface area contributed by atoms with Gasteiger partial charge in [0.05, 0.1) is 22.2 Å². The summed E-state index contributed by atoms with van der Waals surface area (Å²) in [5.41, 5.74) is -0.467. The Balaban J connectivity index is 2.18. The van der Waals surface area contributed by atoms with Gasteiger partial charge in [0.1, 0.15) is 0 Å². The SMILES string of the molecule is O=c1c2ccccc2sn1C1(CO)CCOCC1. The first-order valence-electron chi connectivity index (χ1n) is 6.07. The quantitative estimate of drug-likeness (QED) is 0.896. The minimum Gasteiger partial charge on any atom is -0.394 e. The zero-order valence-electron chi connectivity index (χ0n) is 9.96. The Morgan fingerprint density at radius 2 is 2.06 bits per heavy atom. The molecule has 0 saturated carbocycles. The van der Waals surface area contributed by atoms with E-state index in [1.807, 2.05) is 24.3 Å². The highest BCUT2D eigenvalue weighted by Crippen LogP contribution is 2.31.